The van der Waals surface area contributed by atoms with Gasteiger partial charge in [0, 0.05) is 19.2 Å². The molecule has 1 rings (SSSR count). The second-order valence-electron chi connectivity index (χ2n) is 5.08. The fraction of sp³-hybridized carbons (Fsp3) is 0.750. The molecule has 7 heteroatoms. The largest absolute Gasteiger partial charge is 0.396 e. The van der Waals surface area contributed by atoms with Crippen molar-refractivity contribution < 1.29 is 10.0 Å². The van der Waals surface area contributed by atoms with E-state index in [1.807, 2.05) is 20.8 Å². The summed E-state index contributed by atoms with van der Waals surface area (Å²) < 4.78 is 1.64. The Hall–Kier alpha value is -1.63. The number of anilines is 1. The van der Waals surface area contributed by atoms with Crippen molar-refractivity contribution in [1.82, 2.24) is 9.78 Å². The molecule has 0 amide bonds. The molecule has 108 valence electrons. The summed E-state index contributed by atoms with van der Waals surface area (Å²) in [5.74, 6) is 0.683. The van der Waals surface area contributed by atoms with Crippen LogP contribution in [-0.2, 0) is 0 Å². The van der Waals surface area contributed by atoms with Gasteiger partial charge in [-0.25, -0.2) is 4.68 Å². The molecule has 7 nitrogen and oxygen atoms in total. The van der Waals surface area contributed by atoms with E-state index < -0.39 is 4.92 Å². The van der Waals surface area contributed by atoms with Gasteiger partial charge in [-0.15, -0.1) is 0 Å². The number of aromatic nitrogens is 2. The molecular weight excluding hydrogens is 248 g/mol. The van der Waals surface area contributed by atoms with Crippen LogP contribution in [0.4, 0.5) is 11.5 Å². The summed E-state index contributed by atoms with van der Waals surface area (Å²) in [7, 11) is 0. The molecule has 19 heavy (non-hydrogen) atoms. The average Bonchev–Trinajstić information content (AvgIpc) is 2.64. The highest BCUT2D eigenvalue weighted by Gasteiger charge is 2.26. The van der Waals surface area contributed by atoms with E-state index in [-0.39, 0.29) is 24.3 Å². The van der Waals surface area contributed by atoms with E-state index in [2.05, 4.69) is 10.4 Å². The fourth-order valence-corrected chi connectivity index (χ4v) is 1.89. The van der Waals surface area contributed by atoms with Gasteiger partial charge >= 0.3 is 5.69 Å². The Morgan fingerprint density at radius 1 is 1.47 bits per heavy atom. The Kier molecular flexibility index (Phi) is 5.29. The van der Waals surface area contributed by atoms with Gasteiger partial charge in [0.1, 0.15) is 5.69 Å². The molecule has 0 fully saturated rings. The lowest BCUT2D eigenvalue weighted by molar-refractivity contribution is -0.384. The summed E-state index contributed by atoms with van der Waals surface area (Å²) in [6.07, 6.45) is 0.662. The third-order valence-electron chi connectivity index (χ3n) is 2.97. The smallest absolute Gasteiger partial charge is 0.333 e. The van der Waals surface area contributed by atoms with Crippen molar-refractivity contribution in [1.29, 1.82) is 0 Å². The maximum Gasteiger partial charge on any atom is 0.333 e. The van der Waals surface area contributed by atoms with Crippen molar-refractivity contribution in [3.05, 3.63) is 15.8 Å². The second-order valence-corrected chi connectivity index (χ2v) is 5.08. The summed E-state index contributed by atoms with van der Waals surface area (Å²) in [5, 5.41) is 27.3. The summed E-state index contributed by atoms with van der Waals surface area (Å²) in [6, 6.07) is 0.0445. The summed E-state index contributed by atoms with van der Waals surface area (Å²) >= 11 is 0. The van der Waals surface area contributed by atoms with E-state index in [1.54, 1.807) is 11.6 Å². The van der Waals surface area contributed by atoms with E-state index in [0.717, 1.165) is 0 Å². The molecule has 0 aliphatic rings. The Labute approximate surface area is 112 Å². The zero-order valence-electron chi connectivity index (χ0n) is 11.9. The number of nitro groups is 1. The number of nitrogens with one attached hydrogen (secondary N) is 1. The minimum absolute atomic E-state index is 0.0323. The predicted octanol–water partition coefficient (Wildman–Crippen LogP) is 2.11. The summed E-state index contributed by atoms with van der Waals surface area (Å²) in [6.45, 7) is 8.17. The first-order chi connectivity index (χ1) is 8.88. The zero-order valence-corrected chi connectivity index (χ0v) is 11.9. The van der Waals surface area contributed by atoms with Gasteiger partial charge < -0.3 is 10.4 Å². The van der Waals surface area contributed by atoms with Gasteiger partial charge in [0.25, 0.3) is 0 Å². The van der Waals surface area contributed by atoms with Gasteiger partial charge in [-0.2, -0.15) is 5.10 Å². The van der Waals surface area contributed by atoms with Crippen LogP contribution in [0.25, 0.3) is 0 Å². The first kappa shape index (κ1) is 15.4. The lowest BCUT2D eigenvalue weighted by Gasteiger charge is -2.15. The van der Waals surface area contributed by atoms with Crippen LogP contribution in [0.3, 0.4) is 0 Å². The standard InChI is InChI=1S/C12H22N4O3/c1-8(2)15-12(13-7-9(3)5-6-17)11(16(18)19)10(4)14-15/h8-9,13,17H,5-7H2,1-4H3. The van der Waals surface area contributed by atoms with Crippen molar-refractivity contribution in [3.63, 3.8) is 0 Å². The van der Waals surface area contributed by atoms with E-state index in [0.29, 0.717) is 24.5 Å². The number of nitrogens with zero attached hydrogens (tertiary/aromatic N) is 3. The topological polar surface area (TPSA) is 93.2 Å². The summed E-state index contributed by atoms with van der Waals surface area (Å²) in [4.78, 5) is 10.7. The zero-order chi connectivity index (χ0) is 14.6. The molecule has 0 radical (unpaired) electrons. The second kappa shape index (κ2) is 6.51. The van der Waals surface area contributed by atoms with Crippen LogP contribution in [0.15, 0.2) is 0 Å². The van der Waals surface area contributed by atoms with Crippen LogP contribution in [0.2, 0.25) is 0 Å². The first-order valence-electron chi connectivity index (χ1n) is 6.46. The van der Waals surface area contributed by atoms with Gasteiger partial charge in [0.2, 0.25) is 5.82 Å². The monoisotopic (exact) mass is 270 g/mol. The third kappa shape index (κ3) is 3.66. The van der Waals surface area contributed by atoms with Gasteiger partial charge in [-0.05, 0) is 33.1 Å². The first-order valence-corrected chi connectivity index (χ1v) is 6.46. The minimum Gasteiger partial charge on any atom is -0.396 e. The fourth-order valence-electron chi connectivity index (χ4n) is 1.89. The number of rotatable bonds is 7. The average molecular weight is 270 g/mol. The SMILES string of the molecule is Cc1nn(C(C)C)c(NCC(C)CCO)c1[N+](=O)[O-]. The Morgan fingerprint density at radius 3 is 2.58 bits per heavy atom. The molecule has 0 bridgehead atoms. The molecule has 1 aromatic heterocycles. The molecule has 0 spiro atoms. The van der Waals surface area contributed by atoms with Gasteiger partial charge in [-0.1, -0.05) is 6.92 Å². The van der Waals surface area contributed by atoms with Gasteiger partial charge in [0.15, 0.2) is 0 Å². The molecule has 0 aliphatic carbocycles. The lowest BCUT2D eigenvalue weighted by Crippen LogP contribution is -2.17. The number of hydrogen-bond donors (Lipinski definition) is 2. The molecule has 1 unspecified atom stereocenters. The van der Waals surface area contributed by atoms with Crippen molar-refractivity contribution in [2.24, 2.45) is 5.92 Å². The van der Waals surface area contributed by atoms with Gasteiger partial charge in [0.05, 0.1) is 4.92 Å². The number of aliphatic hydroxyl groups is 1. The van der Waals surface area contributed by atoms with Crippen LogP contribution in [0.5, 0.6) is 0 Å². The number of hydrogen-bond acceptors (Lipinski definition) is 5. The highest BCUT2D eigenvalue weighted by Crippen LogP contribution is 2.30. The van der Waals surface area contributed by atoms with E-state index in [9.17, 15) is 10.1 Å². The normalized spacial score (nSPS) is 12.7. The molecule has 1 aromatic rings. The highest BCUT2D eigenvalue weighted by atomic mass is 16.6. The predicted molar refractivity (Wildman–Crippen MR) is 73.4 cm³/mol. The van der Waals surface area contributed by atoms with E-state index >= 15 is 0 Å². The van der Waals surface area contributed by atoms with Crippen molar-refractivity contribution in [2.45, 2.75) is 40.2 Å². The summed E-state index contributed by atoms with van der Waals surface area (Å²) in [5.41, 5.74) is 0.445. The Morgan fingerprint density at radius 2 is 2.11 bits per heavy atom. The number of aliphatic hydroxyl groups excluding tert-OH is 1. The Bertz CT molecular complexity index is 442. The number of aryl methyl sites for hydroxylation is 1. The molecule has 2 N–H and O–H groups in total. The van der Waals surface area contributed by atoms with Gasteiger partial charge in [-0.3, -0.25) is 10.1 Å². The molecule has 1 atom stereocenters. The van der Waals surface area contributed by atoms with Crippen LogP contribution in [0, 0.1) is 23.0 Å². The molecule has 0 aliphatic heterocycles. The van der Waals surface area contributed by atoms with Crippen molar-refractivity contribution >= 4 is 11.5 Å². The quantitative estimate of drug-likeness (QED) is 0.584. The van der Waals surface area contributed by atoms with E-state index in [1.165, 1.54) is 0 Å². The lowest BCUT2D eigenvalue weighted by atomic mass is 10.1. The van der Waals surface area contributed by atoms with Crippen LogP contribution in [-0.4, -0.2) is 33.0 Å². The van der Waals surface area contributed by atoms with Crippen molar-refractivity contribution in [2.75, 3.05) is 18.5 Å². The molecular formula is C12H22N4O3. The Balaban J connectivity index is 2.99. The molecule has 1 heterocycles. The third-order valence-corrected chi connectivity index (χ3v) is 2.97. The molecule has 0 saturated heterocycles. The van der Waals surface area contributed by atoms with Crippen molar-refractivity contribution in [3.8, 4) is 0 Å². The molecule has 0 aromatic carbocycles. The highest BCUT2D eigenvalue weighted by molar-refractivity contribution is 5.59. The maximum atomic E-state index is 11.1. The van der Waals surface area contributed by atoms with E-state index in [4.69, 9.17) is 5.11 Å². The van der Waals surface area contributed by atoms with Crippen LogP contribution < -0.4 is 5.32 Å². The maximum absolute atomic E-state index is 11.1. The minimum atomic E-state index is -0.403. The molecule has 0 saturated carbocycles. The van der Waals surface area contributed by atoms with Crippen LogP contribution in [0.1, 0.15) is 38.9 Å². The van der Waals surface area contributed by atoms with Crippen LogP contribution >= 0.6 is 0 Å².